The lowest BCUT2D eigenvalue weighted by Crippen LogP contribution is -2.26. The van der Waals surface area contributed by atoms with Crippen LogP contribution in [0, 0.1) is 5.92 Å². The number of aliphatic hydroxyl groups is 1. The van der Waals surface area contributed by atoms with Crippen LogP contribution in [0.5, 0.6) is 0 Å². The molecular formula is C16H26N2O. The fourth-order valence-corrected chi connectivity index (χ4v) is 2.56. The summed E-state index contributed by atoms with van der Waals surface area (Å²) in [6.45, 7) is 6.19. The van der Waals surface area contributed by atoms with Gasteiger partial charge in [-0.05, 0) is 50.5 Å². The molecule has 106 valence electrons. The molecule has 1 aromatic rings. The fraction of sp³-hybridized carbons (Fsp3) is 0.625. The van der Waals surface area contributed by atoms with Gasteiger partial charge < -0.3 is 15.3 Å². The third-order valence-corrected chi connectivity index (χ3v) is 3.78. The molecule has 1 fully saturated rings. The second kappa shape index (κ2) is 6.80. The Kier molecular flexibility index (Phi) is 5.08. The number of anilines is 2. The van der Waals surface area contributed by atoms with Crippen LogP contribution in [0.1, 0.15) is 33.1 Å². The topological polar surface area (TPSA) is 35.5 Å². The van der Waals surface area contributed by atoms with Gasteiger partial charge in [0, 0.05) is 30.5 Å². The maximum absolute atomic E-state index is 9.04. The van der Waals surface area contributed by atoms with E-state index in [0.717, 1.165) is 12.5 Å². The van der Waals surface area contributed by atoms with Gasteiger partial charge in [0.15, 0.2) is 0 Å². The molecule has 3 nitrogen and oxygen atoms in total. The fourth-order valence-electron chi connectivity index (χ4n) is 2.56. The van der Waals surface area contributed by atoms with E-state index in [2.05, 4.69) is 48.3 Å². The van der Waals surface area contributed by atoms with E-state index in [1.807, 2.05) is 0 Å². The molecule has 0 radical (unpaired) electrons. The highest BCUT2D eigenvalue weighted by Gasteiger charge is 2.23. The normalized spacial score (nSPS) is 16.2. The minimum absolute atomic E-state index is 0.201. The summed E-state index contributed by atoms with van der Waals surface area (Å²) in [4.78, 5) is 2.18. The summed E-state index contributed by atoms with van der Waals surface area (Å²) in [6, 6.07) is 9.09. The van der Waals surface area contributed by atoms with Crippen LogP contribution in [0.25, 0.3) is 0 Å². The number of likely N-dealkylation sites (N-methyl/N-ethyl adjacent to an activating group) is 1. The van der Waals surface area contributed by atoms with Gasteiger partial charge in [-0.25, -0.2) is 0 Å². The van der Waals surface area contributed by atoms with Crippen LogP contribution in [0.2, 0.25) is 0 Å². The number of hydrogen-bond acceptors (Lipinski definition) is 3. The SMILES string of the molecule is CCN(CCO)c1ccc(NC(C)CC2CC2)cc1. The quantitative estimate of drug-likeness (QED) is 0.755. The molecule has 1 unspecified atom stereocenters. The Hall–Kier alpha value is -1.22. The van der Waals surface area contributed by atoms with Crippen LogP contribution < -0.4 is 10.2 Å². The second-order valence-corrected chi connectivity index (χ2v) is 5.57. The van der Waals surface area contributed by atoms with E-state index in [4.69, 9.17) is 5.11 Å². The van der Waals surface area contributed by atoms with Crippen molar-refractivity contribution in [2.75, 3.05) is 29.9 Å². The van der Waals surface area contributed by atoms with Crippen LogP contribution in [0.4, 0.5) is 11.4 Å². The predicted molar refractivity (Wildman–Crippen MR) is 81.8 cm³/mol. The highest BCUT2D eigenvalue weighted by Crippen LogP contribution is 2.34. The summed E-state index contributed by atoms with van der Waals surface area (Å²) in [6.07, 6.45) is 4.11. The van der Waals surface area contributed by atoms with E-state index >= 15 is 0 Å². The van der Waals surface area contributed by atoms with Crippen molar-refractivity contribution < 1.29 is 5.11 Å². The summed E-state index contributed by atoms with van der Waals surface area (Å²) in [5.41, 5.74) is 2.37. The molecular weight excluding hydrogens is 236 g/mol. The molecule has 0 saturated heterocycles. The van der Waals surface area contributed by atoms with Crippen molar-refractivity contribution in [1.82, 2.24) is 0 Å². The number of hydrogen-bond donors (Lipinski definition) is 2. The van der Waals surface area contributed by atoms with Crippen LogP contribution in [-0.2, 0) is 0 Å². The Labute approximate surface area is 116 Å². The lowest BCUT2D eigenvalue weighted by Gasteiger charge is -2.22. The zero-order valence-corrected chi connectivity index (χ0v) is 12.1. The molecule has 1 aromatic carbocycles. The Morgan fingerprint density at radius 1 is 1.32 bits per heavy atom. The molecule has 1 saturated carbocycles. The lowest BCUT2D eigenvalue weighted by molar-refractivity contribution is 0.302. The first kappa shape index (κ1) is 14.2. The van der Waals surface area contributed by atoms with E-state index < -0.39 is 0 Å². The van der Waals surface area contributed by atoms with Crippen molar-refractivity contribution in [2.45, 2.75) is 39.2 Å². The molecule has 1 aliphatic carbocycles. The monoisotopic (exact) mass is 262 g/mol. The summed E-state index contributed by atoms with van der Waals surface area (Å²) in [5.74, 6) is 0.960. The molecule has 3 heteroatoms. The molecule has 0 aliphatic heterocycles. The molecule has 2 N–H and O–H groups in total. The lowest BCUT2D eigenvalue weighted by atomic mass is 10.1. The van der Waals surface area contributed by atoms with Crippen molar-refractivity contribution in [3.63, 3.8) is 0 Å². The van der Waals surface area contributed by atoms with Crippen LogP contribution >= 0.6 is 0 Å². The number of nitrogens with zero attached hydrogens (tertiary/aromatic N) is 1. The minimum Gasteiger partial charge on any atom is -0.395 e. The molecule has 1 atom stereocenters. The second-order valence-electron chi connectivity index (χ2n) is 5.57. The van der Waals surface area contributed by atoms with E-state index in [1.54, 1.807) is 0 Å². The number of rotatable bonds is 8. The summed E-state index contributed by atoms with van der Waals surface area (Å²) >= 11 is 0. The zero-order chi connectivity index (χ0) is 13.7. The molecule has 0 amide bonds. The van der Waals surface area contributed by atoms with Crippen molar-refractivity contribution in [2.24, 2.45) is 5.92 Å². The van der Waals surface area contributed by atoms with Crippen LogP contribution in [0.15, 0.2) is 24.3 Å². The molecule has 0 spiro atoms. The molecule has 0 heterocycles. The molecule has 19 heavy (non-hydrogen) atoms. The van der Waals surface area contributed by atoms with Crippen molar-refractivity contribution >= 4 is 11.4 Å². The Balaban J connectivity index is 1.89. The Morgan fingerprint density at radius 2 is 2.00 bits per heavy atom. The van der Waals surface area contributed by atoms with Crippen molar-refractivity contribution in [3.05, 3.63) is 24.3 Å². The maximum atomic E-state index is 9.04. The predicted octanol–water partition coefficient (Wildman–Crippen LogP) is 3.11. The highest BCUT2D eigenvalue weighted by molar-refractivity contribution is 5.55. The first-order chi connectivity index (χ1) is 9.22. The molecule has 0 bridgehead atoms. The third-order valence-electron chi connectivity index (χ3n) is 3.78. The largest absolute Gasteiger partial charge is 0.395 e. The van der Waals surface area contributed by atoms with Crippen molar-refractivity contribution in [1.29, 1.82) is 0 Å². The first-order valence-corrected chi connectivity index (χ1v) is 7.45. The van der Waals surface area contributed by atoms with Gasteiger partial charge in [0.2, 0.25) is 0 Å². The molecule has 0 aromatic heterocycles. The van der Waals surface area contributed by atoms with Crippen LogP contribution in [0.3, 0.4) is 0 Å². The Morgan fingerprint density at radius 3 is 2.53 bits per heavy atom. The molecule has 1 aliphatic rings. The van der Waals surface area contributed by atoms with Gasteiger partial charge >= 0.3 is 0 Å². The maximum Gasteiger partial charge on any atom is 0.0606 e. The number of aliphatic hydroxyl groups excluding tert-OH is 1. The number of benzene rings is 1. The van der Waals surface area contributed by atoms with E-state index in [-0.39, 0.29) is 6.61 Å². The van der Waals surface area contributed by atoms with E-state index in [1.165, 1.54) is 30.6 Å². The smallest absolute Gasteiger partial charge is 0.0606 e. The van der Waals surface area contributed by atoms with Crippen LogP contribution in [-0.4, -0.2) is 30.8 Å². The summed E-state index contributed by atoms with van der Waals surface area (Å²) < 4.78 is 0. The van der Waals surface area contributed by atoms with Gasteiger partial charge in [0.25, 0.3) is 0 Å². The van der Waals surface area contributed by atoms with Gasteiger partial charge in [-0.3, -0.25) is 0 Å². The zero-order valence-electron chi connectivity index (χ0n) is 12.1. The van der Waals surface area contributed by atoms with E-state index in [9.17, 15) is 0 Å². The van der Waals surface area contributed by atoms with Gasteiger partial charge in [-0.15, -0.1) is 0 Å². The number of nitrogens with one attached hydrogen (secondary N) is 1. The van der Waals surface area contributed by atoms with Gasteiger partial charge in [0.05, 0.1) is 6.61 Å². The molecule has 2 rings (SSSR count). The van der Waals surface area contributed by atoms with E-state index in [0.29, 0.717) is 12.6 Å². The highest BCUT2D eigenvalue weighted by atomic mass is 16.3. The average Bonchev–Trinajstić information content (AvgIpc) is 3.21. The van der Waals surface area contributed by atoms with Gasteiger partial charge in [0.1, 0.15) is 0 Å². The van der Waals surface area contributed by atoms with Gasteiger partial charge in [-0.2, -0.15) is 0 Å². The Bertz CT molecular complexity index is 373. The average molecular weight is 262 g/mol. The summed E-state index contributed by atoms with van der Waals surface area (Å²) in [7, 11) is 0. The first-order valence-electron chi connectivity index (χ1n) is 7.45. The van der Waals surface area contributed by atoms with Crippen molar-refractivity contribution in [3.8, 4) is 0 Å². The third kappa shape index (κ3) is 4.43. The standard InChI is InChI=1S/C16H26N2O/c1-3-18(10-11-19)16-8-6-15(7-9-16)17-13(2)12-14-4-5-14/h6-9,13-14,17,19H,3-5,10-12H2,1-2H3. The van der Waals surface area contributed by atoms with Gasteiger partial charge in [-0.1, -0.05) is 12.8 Å². The summed E-state index contributed by atoms with van der Waals surface area (Å²) in [5, 5.41) is 12.6. The minimum atomic E-state index is 0.201.